The van der Waals surface area contributed by atoms with Gasteiger partial charge in [-0.1, -0.05) is 12.1 Å². The monoisotopic (exact) mass is 347 g/mol. The molecule has 24 heavy (non-hydrogen) atoms. The summed E-state index contributed by atoms with van der Waals surface area (Å²) in [5.41, 5.74) is 1.99. The second-order valence-electron chi connectivity index (χ2n) is 6.04. The van der Waals surface area contributed by atoms with E-state index in [2.05, 4.69) is 14.9 Å². The van der Waals surface area contributed by atoms with Gasteiger partial charge in [-0.15, -0.1) is 0 Å². The zero-order chi connectivity index (χ0) is 17.2. The van der Waals surface area contributed by atoms with E-state index in [1.54, 1.807) is 18.3 Å². The van der Waals surface area contributed by atoms with Crippen molar-refractivity contribution >= 4 is 9.84 Å². The molecule has 0 amide bonds. The molecule has 3 rings (SSSR count). The Kier molecular flexibility index (Phi) is 4.93. The standard InChI is InChI=1S/C17H21N3O3S/c1-13-18-8-7-16(19-13)17-12-20(9-10-23-17)11-14-3-5-15(6-4-14)24(2,21)22/h3-8,17H,9-12H2,1-2H3. The zero-order valence-corrected chi connectivity index (χ0v) is 14.7. The van der Waals surface area contributed by atoms with E-state index in [0.29, 0.717) is 11.5 Å². The van der Waals surface area contributed by atoms with Crippen molar-refractivity contribution < 1.29 is 13.2 Å². The van der Waals surface area contributed by atoms with E-state index in [0.717, 1.165) is 36.7 Å². The van der Waals surface area contributed by atoms with E-state index in [-0.39, 0.29) is 6.10 Å². The summed E-state index contributed by atoms with van der Waals surface area (Å²) < 4.78 is 28.9. The van der Waals surface area contributed by atoms with Crippen LogP contribution in [0.5, 0.6) is 0 Å². The van der Waals surface area contributed by atoms with Crippen LogP contribution in [0.4, 0.5) is 0 Å². The van der Waals surface area contributed by atoms with E-state index in [1.807, 2.05) is 25.1 Å². The maximum Gasteiger partial charge on any atom is 0.175 e. The molecule has 1 atom stereocenters. The van der Waals surface area contributed by atoms with E-state index < -0.39 is 9.84 Å². The average molecular weight is 347 g/mol. The number of benzene rings is 1. The summed E-state index contributed by atoms with van der Waals surface area (Å²) in [6.45, 7) is 4.87. The number of nitrogens with zero attached hydrogens (tertiary/aromatic N) is 3. The predicted octanol–water partition coefficient (Wildman–Crippen LogP) is 1.76. The second kappa shape index (κ2) is 6.96. The van der Waals surface area contributed by atoms with E-state index in [9.17, 15) is 8.42 Å². The van der Waals surface area contributed by atoms with Crippen molar-refractivity contribution in [2.45, 2.75) is 24.5 Å². The van der Waals surface area contributed by atoms with Crippen molar-refractivity contribution in [2.24, 2.45) is 0 Å². The van der Waals surface area contributed by atoms with Gasteiger partial charge in [-0.25, -0.2) is 18.4 Å². The van der Waals surface area contributed by atoms with Crippen LogP contribution in [0, 0.1) is 6.92 Å². The summed E-state index contributed by atoms with van der Waals surface area (Å²) in [6, 6.07) is 8.96. The first-order valence-corrected chi connectivity index (χ1v) is 9.73. The zero-order valence-electron chi connectivity index (χ0n) is 13.8. The third-order valence-electron chi connectivity index (χ3n) is 4.04. The highest BCUT2D eigenvalue weighted by molar-refractivity contribution is 7.90. The molecule has 0 N–H and O–H groups in total. The van der Waals surface area contributed by atoms with Gasteiger partial charge in [0.25, 0.3) is 0 Å². The molecule has 2 aromatic rings. The molecule has 1 aromatic heterocycles. The number of aryl methyl sites for hydroxylation is 1. The number of aromatic nitrogens is 2. The summed E-state index contributed by atoms with van der Waals surface area (Å²) in [5.74, 6) is 0.740. The maximum atomic E-state index is 11.5. The lowest BCUT2D eigenvalue weighted by Gasteiger charge is -2.32. The highest BCUT2D eigenvalue weighted by Crippen LogP contribution is 2.22. The molecule has 0 saturated carbocycles. The summed E-state index contributed by atoms with van der Waals surface area (Å²) in [4.78, 5) is 11.2. The number of rotatable bonds is 4. The smallest absolute Gasteiger partial charge is 0.175 e. The van der Waals surface area contributed by atoms with Crippen molar-refractivity contribution in [1.29, 1.82) is 0 Å². The first-order chi connectivity index (χ1) is 11.4. The van der Waals surface area contributed by atoms with Gasteiger partial charge >= 0.3 is 0 Å². The van der Waals surface area contributed by atoms with E-state index in [1.165, 1.54) is 6.26 Å². The fourth-order valence-corrected chi connectivity index (χ4v) is 3.41. The quantitative estimate of drug-likeness (QED) is 0.839. The van der Waals surface area contributed by atoms with E-state index in [4.69, 9.17) is 4.74 Å². The summed E-state index contributed by atoms with van der Waals surface area (Å²) in [6.07, 6.45) is 2.91. The molecule has 6 nitrogen and oxygen atoms in total. The SMILES string of the molecule is Cc1nccc(C2CN(Cc3ccc(S(C)(=O)=O)cc3)CCO2)n1. The Labute approximate surface area is 142 Å². The van der Waals surface area contributed by atoms with Crippen molar-refractivity contribution in [1.82, 2.24) is 14.9 Å². The Morgan fingerprint density at radius 3 is 2.67 bits per heavy atom. The highest BCUT2D eigenvalue weighted by atomic mass is 32.2. The van der Waals surface area contributed by atoms with Crippen molar-refractivity contribution in [2.75, 3.05) is 26.0 Å². The number of ether oxygens (including phenoxy) is 1. The summed E-state index contributed by atoms with van der Waals surface area (Å²) in [7, 11) is -3.15. The van der Waals surface area contributed by atoms with Crippen molar-refractivity contribution in [3.05, 3.63) is 53.6 Å². The maximum absolute atomic E-state index is 11.5. The molecule has 0 spiro atoms. The van der Waals surface area contributed by atoms with Crippen LogP contribution in [0.15, 0.2) is 41.4 Å². The van der Waals surface area contributed by atoms with Gasteiger partial charge in [0.15, 0.2) is 9.84 Å². The van der Waals surface area contributed by atoms with Crippen LogP contribution in [0.1, 0.15) is 23.2 Å². The topological polar surface area (TPSA) is 72.4 Å². The van der Waals surface area contributed by atoms with Crippen LogP contribution in [0.3, 0.4) is 0 Å². The Hall–Kier alpha value is -1.83. The molecule has 0 aliphatic carbocycles. The number of sulfone groups is 1. The van der Waals surface area contributed by atoms with Crippen LogP contribution in [-0.2, 0) is 21.1 Å². The second-order valence-corrected chi connectivity index (χ2v) is 8.06. The molecule has 0 radical (unpaired) electrons. The Morgan fingerprint density at radius 1 is 1.25 bits per heavy atom. The minimum absolute atomic E-state index is 0.0595. The largest absolute Gasteiger partial charge is 0.369 e. The van der Waals surface area contributed by atoms with Crippen LogP contribution >= 0.6 is 0 Å². The van der Waals surface area contributed by atoms with Gasteiger partial charge in [0.2, 0.25) is 0 Å². The van der Waals surface area contributed by atoms with E-state index >= 15 is 0 Å². The van der Waals surface area contributed by atoms with Gasteiger partial charge in [-0.05, 0) is 30.7 Å². The minimum atomic E-state index is -3.15. The van der Waals surface area contributed by atoms with Crippen LogP contribution in [0.25, 0.3) is 0 Å². The molecule has 2 heterocycles. The third kappa shape index (κ3) is 4.17. The van der Waals surface area contributed by atoms with Crippen molar-refractivity contribution in [3.63, 3.8) is 0 Å². The summed E-state index contributed by atoms with van der Waals surface area (Å²) in [5, 5.41) is 0. The van der Waals surface area contributed by atoms with Gasteiger partial charge in [0.05, 0.1) is 17.2 Å². The lowest BCUT2D eigenvalue weighted by atomic mass is 10.1. The number of hydrogen-bond donors (Lipinski definition) is 0. The molecule has 1 fully saturated rings. The van der Waals surface area contributed by atoms with Crippen LogP contribution < -0.4 is 0 Å². The highest BCUT2D eigenvalue weighted by Gasteiger charge is 2.23. The number of morpholine rings is 1. The fraction of sp³-hybridized carbons (Fsp3) is 0.412. The number of hydrogen-bond acceptors (Lipinski definition) is 6. The van der Waals surface area contributed by atoms with Gasteiger partial charge < -0.3 is 4.74 Å². The van der Waals surface area contributed by atoms with Gasteiger partial charge in [-0.3, -0.25) is 4.90 Å². The van der Waals surface area contributed by atoms with Gasteiger partial charge in [0.1, 0.15) is 11.9 Å². The fourth-order valence-electron chi connectivity index (χ4n) is 2.78. The Morgan fingerprint density at radius 2 is 2.00 bits per heavy atom. The van der Waals surface area contributed by atoms with Crippen LogP contribution in [0.2, 0.25) is 0 Å². The lowest BCUT2D eigenvalue weighted by Crippen LogP contribution is -2.38. The molecule has 1 saturated heterocycles. The molecule has 128 valence electrons. The Balaban J connectivity index is 1.67. The molecule has 1 aliphatic heterocycles. The lowest BCUT2D eigenvalue weighted by molar-refractivity contribution is -0.0351. The van der Waals surface area contributed by atoms with Crippen LogP contribution in [-0.4, -0.2) is 49.2 Å². The molecule has 1 aliphatic rings. The normalized spacial score (nSPS) is 19.3. The third-order valence-corrected chi connectivity index (χ3v) is 5.16. The first-order valence-electron chi connectivity index (χ1n) is 7.84. The molecule has 1 unspecified atom stereocenters. The van der Waals surface area contributed by atoms with Gasteiger partial charge in [0, 0.05) is 32.1 Å². The minimum Gasteiger partial charge on any atom is -0.369 e. The molecule has 7 heteroatoms. The van der Waals surface area contributed by atoms with Crippen molar-refractivity contribution in [3.8, 4) is 0 Å². The first kappa shape index (κ1) is 17.0. The average Bonchev–Trinajstić information content (AvgIpc) is 2.55. The summed E-state index contributed by atoms with van der Waals surface area (Å²) >= 11 is 0. The molecule has 1 aromatic carbocycles. The molecule has 0 bridgehead atoms. The Bertz CT molecular complexity index is 806. The van der Waals surface area contributed by atoms with Gasteiger partial charge in [-0.2, -0.15) is 0 Å². The molecular formula is C17H21N3O3S. The predicted molar refractivity (Wildman–Crippen MR) is 90.3 cm³/mol. The molecular weight excluding hydrogens is 326 g/mol.